The van der Waals surface area contributed by atoms with Crippen molar-refractivity contribution < 1.29 is 14.3 Å². The third kappa shape index (κ3) is 4.50. The fraction of sp³-hybridized carbons (Fsp3) is 0.357. The molecule has 3 amide bonds. The second-order valence-electron chi connectivity index (χ2n) is 9.18. The van der Waals surface area contributed by atoms with Gasteiger partial charge in [0, 0.05) is 18.8 Å². The highest BCUT2D eigenvalue weighted by Crippen LogP contribution is 2.42. The summed E-state index contributed by atoms with van der Waals surface area (Å²) in [6.45, 7) is 2.77. The largest absolute Gasteiger partial charge is 0.497 e. The fourth-order valence-electron chi connectivity index (χ4n) is 4.81. The van der Waals surface area contributed by atoms with E-state index in [2.05, 4.69) is 22.9 Å². The van der Waals surface area contributed by atoms with E-state index < -0.39 is 0 Å². The molecule has 1 aliphatic carbocycles. The van der Waals surface area contributed by atoms with E-state index in [9.17, 15) is 9.59 Å². The third-order valence-corrected chi connectivity index (χ3v) is 6.78. The summed E-state index contributed by atoms with van der Waals surface area (Å²) in [4.78, 5) is 30.6. The van der Waals surface area contributed by atoms with E-state index in [1.54, 1.807) is 12.0 Å². The topological polar surface area (TPSA) is 66.8 Å². The van der Waals surface area contributed by atoms with Gasteiger partial charge in [-0.1, -0.05) is 37.6 Å². The van der Waals surface area contributed by atoms with Gasteiger partial charge in [-0.15, -0.1) is 0 Å². The van der Waals surface area contributed by atoms with Crippen molar-refractivity contribution in [3.05, 3.63) is 78.1 Å². The van der Waals surface area contributed by atoms with E-state index in [0.29, 0.717) is 6.54 Å². The van der Waals surface area contributed by atoms with Gasteiger partial charge in [0.2, 0.25) is 5.91 Å². The zero-order valence-electron chi connectivity index (χ0n) is 20.3. The summed E-state index contributed by atoms with van der Waals surface area (Å²) >= 11 is 0. The number of methoxy groups -OCH3 is 1. The Morgan fingerprint density at radius 3 is 2.46 bits per heavy atom. The zero-order chi connectivity index (χ0) is 24.4. The summed E-state index contributed by atoms with van der Waals surface area (Å²) in [5.41, 5.74) is 3.78. The average Bonchev–Trinajstić information content (AvgIpc) is 3.61. The number of rotatable bonds is 8. The predicted molar refractivity (Wildman–Crippen MR) is 136 cm³/mol. The van der Waals surface area contributed by atoms with Crippen molar-refractivity contribution in [1.82, 2.24) is 14.8 Å². The Morgan fingerprint density at radius 1 is 1.03 bits per heavy atom. The Labute approximate surface area is 206 Å². The smallest absolute Gasteiger partial charge is 0.318 e. The van der Waals surface area contributed by atoms with Crippen LogP contribution in [0.25, 0.3) is 5.69 Å². The van der Waals surface area contributed by atoms with Crippen molar-refractivity contribution >= 4 is 17.6 Å². The van der Waals surface area contributed by atoms with Crippen LogP contribution in [0, 0.1) is 0 Å². The first-order valence-electron chi connectivity index (χ1n) is 12.4. The molecule has 7 nitrogen and oxygen atoms in total. The van der Waals surface area contributed by atoms with Crippen LogP contribution in [-0.2, 0) is 4.79 Å². The Kier molecular flexibility index (Phi) is 6.49. The fourth-order valence-corrected chi connectivity index (χ4v) is 4.81. The summed E-state index contributed by atoms with van der Waals surface area (Å²) in [6.07, 6.45) is 5.85. The molecular weight excluding hydrogens is 440 g/mol. The maximum atomic E-state index is 14.0. The summed E-state index contributed by atoms with van der Waals surface area (Å²) in [6, 6.07) is 19.5. The van der Waals surface area contributed by atoms with Crippen LogP contribution in [0.15, 0.2) is 66.9 Å². The number of hydrogen-bond acceptors (Lipinski definition) is 3. The molecule has 1 fully saturated rings. The molecule has 1 atom stereocenters. The molecule has 182 valence electrons. The molecule has 0 spiro atoms. The molecule has 0 bridgehead atoms. The first kappa shape index (κ1) is 23.0. The highest BCUT2D eigenvalue weighted by atomic mass is 16.5. The van der Waals surface area contributed by atoms with Crippen LogP contribution in [0.2, 0.25) is 0 Å². The van der Waals surface area contributed by atoms with Gasteiger partial charge in [0.25, 0.3) is 0 Å². The Balaban J connectivity index is 1.51. The number of unbranched alkanes of at least 4 members (excludes halogenated alkanes) is 1. The molecule has 2 aromatic carbocycles. The van der Waals surface area contributed by atoms with Gasteiger partial charge in [0.05, 0.1) is 24.2 Å². The highest BCUT2D eigenvalue weighted by Gasteiger charge is 2.39. The van der Waals surface area contributed by atoms with Crippen LogP contribution in [0.3, 0.4) is 0 Å². The minimum absolute atomic E-state index is 0.0460. The Hall–Kier alpha value is -3.74. The molecule has 2 heterocycles. The van der Waals surface area contributed by atoms with Crippen molar-refractivity contribution in [2.24, 2.45) is 0 Å². The second-order valence-corrected chi connectivity index (χ2v) is 9.18. The number of fused-ring (bicyclic) bond motifs is 3. The zero-order valence-corrected chi connectivity index (χ0v) is 20.3. The molecule has 1 unspecified atom stereocenters. The van der Waals surface area contributed by atoms with Crippen molar-refractivity contribution in [2.75, 3.05) is 25.1 Å². The number of para-hydroxylation sites is 2. The normalized spacial score (nSPS) is 16.3. The van der Waals surface area contributed by atoms with Crippen LogP contribution in [0.4, 0.5) is 10.5 Å². The number of carbonyl (C=O) groups excluding carboxylic acids is 2. The lowest BCUT2D eigenvalue weighted by Gasteiger charge is -2.39. The van der Waals surface area contributed by atoms with Gasteiger partial charge in [-0.05, 0) is 61.2 Å². The van der Waals surface area contributed by atoms with Crippen LogP contribution < -0.4 is 15.0 Å². The van der Waals surface area contributed by atoms with Crippen molar-refractivity contribution in [3.8, 4) is 11.4 Å². The maximum Gasteiger partial charge on any atom is 0.318 e. The summed E-state index contributed by atoms with van der Waals surface area (Å²) in [5, 5.41) is 3.00. The summed E-state index contributed by atoms with van der Waals surface area (Å²) in [7, 11) is 1.64. The first-order valence-corrected chi connectivity index (χ1v) is 12.4. The maximum absolute atomic E-state index is 14.0. The van der Waals surface area contributed by atoms with Gasteiger partial charge in [-0.2, -0.15) is 0 Å². The SMILES string of the molecule is CCCCNC(=O)N(CC(=O)N1c2ccccc2-n2cccc2C1c1ccc(OC)cc1)C1CC1. The molecule has 5 rings (SSSR count). The number of urea groups is 1. The third-order valence-electron chi connectivity index (χ3n) is 6.78. The van der Waals surface area contributed by atoms with E-state index in [1.165, 1.54) is 0 Å². The average molecular weight is 473 g/mol. The number of amides is 3. The van der Waals surface area contributed by atoms with E-state index in [0.717, 1.165) is 54.1 Å². The van der Waals surface area contributed by atoms with Crippen molar-refractivity contribution in [2.45, 2.75) is 44.7 Å². The lowest BCUT2D eigenvalue weighted by molar-refractivity contribution is -0.119. The molecule has 0 saturated heterocycles. The molecule has 3 aromatic rings. The molecule has 2 aliphatic rings. The van der Waals surface area contributed by atoms with Crippen LogP contribution in [0.1, 0.15) is 49.9 Å². The van der Waals surface area contributed by atoms with Gasteiger partial charge < -0.3 is 19.5 Å². The summed E-state index contributed by atoms with van der Waals surface area (Å²) < 4.78 is 7.50. The van der Waals surface area contributed by atoms with Gasteiger partial charge in [-0.25, -0.2) is 4.79 Å². The number of aromatic nitrogens is 1. The lowest BCUT2D eigenvalue weighted by Crippen LogP contribution is -2.50. The number of nitrogens with one attached hydrogen (secondary N) is 1. The number of anilines is 1. The Morgan fingerprint density at radius 2 is 1.77 bits per heavy atom. The Bertz CT molecular complexity index is 1200. The van der Waals surface area contributed by atoms with Gasteiger partial charge in [0.1, 0.15) is 18.3 Å². The van der Waals surface area contributed by atoms with Crippen molar-refractivity contribution in [3.63, 3.8) is 0 Å². The molecule has 1 aromatic heterocycles. The lowest BCUT2D eigenvalue weighted by atomic mass is 9.97. The highest BCUT2D eigenvalue weighted by molar-refractivity contribution is 6.00. The molecule has 7 heteroatoms. The molecule has 35 heavy (non-hydrogen) atoms. The summed E-state index contributed by atoms with van der Waals surface area (Å²) in [5.74, 6) is 0.671. The minimum atomic E-state index is -0.317. The van der Waals surface area contributed by atoms with Gasteiger partial charge >= 0.3 is 6.03 Å². The molecule has 1 aliphatic heterocycles. The van der Waals surface area contributed by atoms with E-state index in [1.807, 2.05) is 65.7 Å². The number of hydrogen-bond donors (Lipinski definition) is 1. The van der Waals surface area contributed by atoms with E-state index in [4.69, 9.17) is 4.74 Å². The monoisotopic (exact) mass is 472 g/mol. The minimum Gasteiger partial charge on any atom is -0.497 e. The molecule has 0 radical (unpaired) electrons. The van der Waals surface area contributed by atoms with Crippen LogP contribution >= 0.6 is 0 Å². The quantitative estimate of drug-likeness (QED) is 0.475. The number of ether oxygens (including phenoxy) is 1. The number of benzene rings is 2. The number of nitrogens with zero attached hydrogens (tertiary/aromatic N) is 3. The standard InChI is InChI=1S/C28H32N4O3/c1-3-4-17-29-28(34)31(21-13-14-21)19-26(33)32-24-9-6-5-8-23(24)30-18-7-10-25(30)27(32)20-11-15-22(35-2)16-12-20/h5-12,15-16,18,21,27H,3-4,13-14,17,19H2,1-2H3,(H,29,34). The molecular formula is C28H32N4O3. The van der Waals surface area contributed by atoms with E-state index in [-0.39, 0.29) is 30.6 Å². The molecule has 1 saturated carbocycles. The van der Waals surface area contributed by atoms with Crippen LogP contribution in [-0.4, -0.2) is 47.6 Å². The van der Waals surface area contributed by atoms with Gasteiger partial charge in [0.15, 0.2) is 0 Å². The molecule has 1 N–H and O–H groups in total. The van der Waals surface area contributed by atoms with Crippen molar-refractivity contribution in [1.29, 1.82) is 0 Å². The van der Waals surface area contributed by atoms with Gasteiger partial charge in [-0.3, -0.25) is 9.69 Å². The van der Waals surface area contributed by atoms with Crippen LogP contribution in [0.5, 0.6) is 5.75 Å². The predicted octanol–water partition coefficient (Wildman–Crippen LogP) is 4.90. The second kappa shape index (κ2) is 9.86. The van der Waals surface area contributed by atoms with E-state index >= 15 is 0 Å². The first-order chi connectivity index (χ1) is 17.1. The number of carbonyl (C=O) groups is 2.